The Morgan fingerprint density at radius 3 is 2.19 bits per heavy atom. The fourth-order valence-corrected chi connectivity index (χ4v) is 4.32. The number of carboxylic acid groups (broad SMARTS) is 1. The van der Waals surface area contributed by atoms with Crippen molar-refractivity contribution >= 4 is 11.9 Å². The van der Waals surface area contributed by atoms with Gasteiger partial charge >= 0.3 is 18.1 Å². The molecule has 206 valence electrons. The second-order valence-electron chi connectivity index (χ2n) is 10.2. The van der Waals surface area contributed by atoms with Crippen LogP contribution < -0.4 is 0 Å². The molecule has 0 heterocycles. The highest BCUT2D eigenvalue weighted by Crippen LogP contribution is 2.41. The fourth-order valence-electron chi connectivity index (χ4n) is 4.32. The highest BCUT2D eigenvalue weighted by molar-refractivity contribution is 6.05. The number of halogens is 4. The second-order valence-corrected chi connectivity index (χ2v) is 10.2. The van der Waals surface area contributed by atoms with E-state index in [1.807, 2.05) is 24.3 Å². The Morgan fingerprint density at radius 2 is 1.65 bits per heavy atom. The van der Waals surface area contributed by atoms with Crippen LogP contribution in [0.5, 0.6) is 0 Å². The number of allylic oxidation sites excluding steroid dienone is 2. The van der Waals surface area contributed by atoms with Crippen molar-refractivity contribution in [2.45, 2.75) is 96.8 Å². The lowest BCUT2D eigenvalue weighted by atomic mass is 9.78. The van der Waals surface area contributed by atoms with E-state index in [0.29, 0.717) is 5.56 Å². The normalized spacial score (nSPS) is 20.5. The van der Waals surface area contributed by atoms with Crippen LogP contribution in [0.2, 0.25) is 0 Å². The van der Waals surface area contributed by atoms with Crippen LogP contribution in [0.4, 0.5) is 17.6 Å². The summed E-state index contributed by atoms with van der Waals surface area (Å²) in [6, 6.07) is 7.47. The summed E-state index contributed by atoms with van der Waals surface area (Å²) < 4.78 is 60.1. The first-order chi connectivity index (χ1) is 17.4. The molecule has 0 spiro atoms. The van der Waals surface area contributed by atoms with Crippen LogP contribution in [0.15, 0.2) is 48.3 Å². The topological polar surface area (TPSA) is 63.6 Å². The number of rotatable bonds is 14. The Morgan fingerprint density at radius 1 is 1.03 bits per heavy atom. The van der Waals surface area contributed by atoms with Crippen molar-refractivity contribution in [3.05, 3.63) is 59.4 Å². The molecule has 3 unspecified atom stereocenters. The van der Waals surface area contributed by atoms with Crippen LogP contribution in [-0.4, -0.2) is 29.3 Å². The largest absolute Gasteiger partial charge is 0.480 e. The van der Waals surface area contributed by atoms with Gasteiger partial charge in [0.2, 0.25) is 5.41 Å². The highest BCUT2D eigenvalue weighted by atomic mass is 19.4. The third kappa shape index (κ3) is 8.44. The predicted octanol–water partition coefficient (Wildman–Crippen LogP) is 8.08. The van der Waals surface area contributed by atoms with Crippen molar-refractivity contribution in [3.8, 4) is 0 Å². The van der Waals surface area contributed by atoms with Crippen LogP contribution in [0.25, 0.3) is 0 Å². The minimum Gasteiger partial charge on any atom is -0.480 e. The summed E-state index contributed by atoms with van der Waals surface area (Å²) in [5.41, 5.74) is -1.14. The van der Waals surface area contributed by atoms with E-state index in [4.69, 9.17) is 0 Å². The van der Waals surface area contributed by atoms with Crippen LogP contribution in [-0.2, 0) is 20.7 Å². The average molecular weight is 527 g/mol. The maximum atomic E-state index is 15.2. The number of benzene rings is 1. The Hall–Kier alpha value is -2.64. The Kier molecular flexibility index (Phi) is 11.4. The van der Waals surface area contributed by atoms with Gasteiger partial charge in [-0.1, -0.05) is 89.3 Å². The molecule has 1 aliphatic rings. The first-order valence-corrected chi connectivity index (χ1v) is 13.1. The van der Waals surface area contributed by atoms with Crippen LogP contribution in [0.1, 0.15) is 89.2 Å². The quantitative estimate of drug-likeness (QED) is 0.0875. The highest BCUT2D eigenvalue weighted by Gasteiger charge is 2.54. The molecule has 0 saturated heterocycles. The third-order valence-electron chi connectivity index (χ3n) is 6.72. The van der Waals surface area contributed by atoms with Gasteiger partial charge in [0.05, 0.1) is 0 Å². The number of esters is 1. The monoisotopic (exact) mass is 526 g/mol. The van der Waals surface area contributed by atoms with E-state index < -0.39 is 47.8 Å². The van der Waals surface area contributed by atoms with Gasteiger partial charge in [-0.25, -0.2) is 9.18 Å². The molecule has 0 radical (unpaired) electrons. The summed E-state index contributed by atoms with van der Waals surface area (Å²) in [6.07, 6.45) is 3.25. The van der Waals surface area contributed by atoms with Gasteiger partial charge in [-0.05, 0) is 48.8 Å². The minimum atomic E-state index is -4.90. The van der Waals surface area contributed by atoms with Crippen molar-refractivity contribution in [2.75, 3.05) is 0 Å². The summed E-state index contributed by atoms with van der Waals surface area (Å²) in [5.74, 6) is -5.84. The molecule has 0 aromatic heterocycles. The first-order valence-electron chi connectivity index (χ1n) is 13.1. The average Bonchev–Trinajstić information content (AvgIpc) is 2.83. The van der Waals surface area contributed by atoms with Crippen LogP contribution >= 0.6 is 0 Å². The van der Waals surface area contributed by atoms with E-state index in [1.165, 1.54) is 31.8 Å². The van der Waals surface area contributed by atoms with Gasteiger partial charge in [0, 0.05) is 5.92 Å². The lowest BCUT2D eigenvalue weighted by Gasteiger charge is -2.30. The van der Waals surface area contributed by atoms with E-state index in [-0.39, 0.29) is 12.3 Å². The smallest absolute Gasteiger partial charge is 0.425 e. The van der Waals surface area contributed by atoms with Gasteiger partial charge < -0.3 is 9.84 Å². The molecule has 1 aromatic rings. The SMILES string of the molecule is CCCCCCCCc1ccc(C2C=CC(C(=O)O)(C(=O)OC(CCC(C)C)C(F)(F)F)C(F)=C2)cc1. The zero-order valence-electron chi connectivity index (χ0n) is 21.8. The van der Waals surface area contributed by atoms with E-state index >= 15 is 4.39 Å². The molecular formula is C29H38F4O4. The Bertz CT molecular complexity index is 950. The van der Waals surface area contributed by atoms with Crippen molar-refractivity contribution in [1.29, 1.82) is 0 Å². The number of ether oxygens (including phenoxy) is 1. The molecule has 0 saturated carbocycles. The van der Waals surface area contributed by atoms with Crippen molar-refractivity contribution in [2.24, 2.45) is 11.3 Å². The maximum absolute atomic E-state index is 15.2. The third-order valence-corrected chi connectivity index (χ3v) is 6.72. The number of unbranched alkanes of at least 4 members (excludes halogenated alkanes) is 5. The molecule has 8 heteroatoms. The van der Waals surface area contributed by atoms with E-state index in [1.54, 1.807) is 13.8 Å². The summed E-state index contributed by atoms with van der Waals surface area (Å²) in [6.45, 7) is 5.60. The number of carbonyl (C=O) groups is 2. The number of alkyl halides is 3. The maximum Gasteiger partial charge on any atom is 0.425 e. The fraction of sp³-hybridized carbons (Fsp3) is 0.586. The van der Waals surface area contributed by atoms with Crippen molar-refractivity contribution < 1.29 is 37.0 Å². The van der Waals surface area contributed by atoms with E-state index in [2.05, 4.69) is 11.7 Å². The molecule has 3 atom stereocenters. The zero-order chi connectivity index (χ0) is 27.6. The predicted molar refractivity (Wildman–Crippen MR) is 135 cm³/mol. The van der Waals surface area contributed by atoms with Gasteiger partial charge in [0.1, 0.15) is 5.83 Å². The molecule has 1 N–H and O–H groups in total. The Balaban J connectivity index is 2.12. The number of carbonyl (C=O) groups excluding carboxylic acids is 1. The van der Waals surface area contributed by atoms with Gasteiger partial charge in [-0.3, -0.25) is 4.79 Å². The van der Waals surface area contributed by atoms with E-state index in [0.717, 1.165) is 37.0 Å². The number of carboxylic acids is 1. The molecule has 0 fully saturated rings. The molecule has 4 nitrogen and oxygen atoms in total. The molecule has 37 heavy (non-hydrogen) atoms. The molecule has 2 rings (SSSR count). The Labute approximate surface area is 216 Å². The van der Waals surface area contributed by atoms with Gasteiger partial charge in [-0.2, -0.15) is 13.2 Å². The van der Waals surface area contributed by atoms with Gasteiger partial charge in [0.25, 0.3) is 0 Å². The van der Waals surface area contributed by atoms with Gasteiger partial charge in [-0.15, -0.1) is 0 Å². The van der Waals surface area contributed by atoms with E-state index in [9.17, 15) is 27.9 Å². The van der Waals surface area contributed by atoms with Gasteiger partial charge in [0.15, 0.2) is 6.10 Å². The minimum absolute atomic E-state index is 0.0962. The number of hydrogen-bond acceptors (Lipinski definition) is 3. The number of aliphatic carboxylic acids is 1. The standard InChI is InChI=1S/C29H38F4O4/c1-4-5-6-7-8-9-10-21-12-14-22(15-13-21)23-17-18-28(26(34)35,24(30)19-23)27(36)37-25(29(31,32)33)16-11-20(2)3/h12-15,17-20,23,25H,4-11,16H2,1-3H3,(H,34,35). The molecule has 1 aliphatic carbocycles. The first kappa shape index (κ1) is 30.6. The van der Waals surface area contributed by atoms with Crippen LogP contribution in [0.3, 0.4) is 0 Å². The lowest BCUT2D eigenvalue weighted by Crippen LogP contribution is -2.45. The molecule has 1 aromatic carbocycles. The summed E-state index contributed by atoms with van der Waals surface area (Å²) in [4.78, 5) is 24.7. The summed E-state index contributed by atoms with van der Waals surface area (Å²) >= 11 is 0. The zero-order valence-corrected chi connectivity index (χ0v) is 21.8. The number of hydrogen-bond donors (Lipinski definition) is 1. The molecule has 0 amide bonds. The lowest BCUT2D eigenvalue weighted by molar-refractivity contribution is -0.227. The molecular weight excluding hydrogens is 488 g/mol. The van der Waals surface area contributed by atoms with Crippen LogP contribution in [0, 0.1) is 11.3 Å². The summed E-state index contributed by atoms with van der Waals surface area (Å²) in [5, 5.41) is 9.69. The molecule has 0 bridgehead atoms. The second kappa shape index (κ2) is 13.8. The van der Waals surface area contributed by atoms with Crippen molar-refractivity contribution in [1.82, 2.24) is 0 Å². The number of aryl methyl sites for hydroxylation is 1. The van der Waals surface area contributed by atoms with Crippen molar-refractivity contribution in [3.63, 3.8) is 0 Å². The molecule has 0 aliphatic heterocycles. The summed E-state index contributed by atoms with van der Waals surface area (Å²) in [7, 11) is 0.